The third-order valence-corrected chi connectivity index (χ3v) is 3.27. The molecule has 0 saturated carbocycles. The molecule has 0 bridgehead atoms. The molecule has 9 heteroatoms. The molecular formula is C11H16N4O4S. The molecule has 3 amide bonds. The van der Waals surface area contributed by atoms with Crippen molar-refractivity contribution in [1.82, 2.24) is 10.2 Å². The van der Waals surface area contributed by atoms with Crippen molar-refractivity contribution in [1.29, 1.82) is 0 Å². The van der Waals surface area contributed by atoms with Gasteiger partial charge in [-0.1, -0.05) is 0 Å². The Morgan fingerprint density at radius 3 is 2.20 bits per heavy atom. The largest absolute Gasteiger partial charge is 0.347 e. The number of primary sulfonamides is 1. The number of sulfonamides is 1. The Hall–Kier alpha value is -2.13. The van der Waals surface area contributed by atoms with E-state index >= 15 is 0 Å². The first kappa shape index (κ1) is 15.9. The van der Waals surface area contributed by atoms with Gasteiger partial charge in [-0.3, -0.25) is 4.79 Å². The summed E-state index contributed by atoms with van der Waals surface area (Å²) in [5.74, 6) is -0.246. The minimum Gasteiger partial charge on any atom is -0.347 e. The Kier molecular flexibility index (Phi) is 5.06. The summed E-state index contributed by atoms with van der Waals surface area (Å²) >= 11 is 0. The zero-order valence-electron chi connectivity index (χ0n) is 11.1. The second-order valence-corrected chi connectivity index (χ2v) is 5.73. The van der Waals surface area contributed by atoms with Crippen molar-refractivity contribution < 1.29 is 18.0 Å². The van der Waals surface area contributed by atoms with E-state index in [0.29, 0.717) is 5.69 Å². The van der Waals surface area contributed by atoms with Gasteiger partial charge in [0.05, 0.1) is 11.4 Å². The number of benzene rings is 1. The normalized spacial score (nSPS) is 10.8. The van der Waals surface area contributed by atoms with Crippen molar-refractivity contribution in [2.75, 3.05) is 26.0 Å². The Labute approximate surface area is 117 Å². The molecule has 8 nitrogen and oxygen atoms in total. The summed E-state index contributed by atoms with van der Waals surface area (Å²) < 4.78 is 22.1. The van der Waals surface area contributed by atoms with Crippen LogP contribution < -0.4 is 15.8 Å². The Morgan fingerprint density at radius 1 is 1.20 bits per heavy atom. The summed E-state index contributed by atoms with van der Waals surface area (Å²) in [5, 5.41) is 9.78. The number of nitrogens with two attached hydrogens (primary N) is 1. The minimum atomic E-state index is -3.76. The summed E-state index contributed by atoms with van der Waals surface area (Å²) in [6, 6.07) is 4.77. The molecule has 1 rings (SSSR count). The fourth-order valence-electron chi connectivity index (χ4n) is 1.22. The molecular weight excluding hydrogens is 284 g/mol. The second-order valence-electron chi connectivity index (χ2n) is 4.17. The molecule has 0 aliphatic heterocycles. The predicted molar refractivity (Wildman–Crippen MR) is 73.5 cm³/mol. The highest BCUT2D eigenvalue weighted by Gasteiger charge is 2.09. The lowest BCUT2D eigenvalue weighted by atomic mass is 10.3. The molecule has 0 saturated heterocycles. The van der Waals surface area contributed by atoms with E-state index in [1.807, 2.05) is 0 Å². The number of rotatable bonds is 4. The van der Waals surface area contributed by atoms with Gasteiger partial charge in [-0.15, -0.1) is 0 Å². The summed E-state index contributed by atoms with van der Waals surface area (Å²) in [6.07, 6.45) is 0. The van der Waals surface area contributed by atoms with Crippen molar-refractivity contribution in [2.24, 2.45) is 5.14 Å². The van der Waals surface area contributed by atoms with Gasteiger partial charge in [0, 0.05) is 19.8 Å². The maximum absolute atomic E-state index is 11.5. The summed E-state index contributed by atoms with van der Waals surface area (Å²) in [4.78, 5) is 24.0. The maximum atomic E-state index is 11.5. The van der Waals surface area contributed by atoms with Crippen molar-refractivity contribution in [3.63, 3.8) is 0 Å². The van der Waals surface area contributed by atoms with Crippen LogP contribution in [0.1, 0.15) is 0 Å². The first-order valence-electron chi connectivity index (χ1n) is 5.58. The van der Waals surface area contributed by atoms with Gasteiger partial charge in [0.1, 0.15) is 0 Å². The van der Waals surface area contributed by atoms with Crippen molar-refractivity contribution in [3.8, 4) is 0 Å². The predicted octanol–water partition coefficient (Wildman–Crippen LogP) is -0.456. The first-order valence-corrected chi connectivity index (χ1v) is 7.12. The first-order chi connectivity index (χ1) is 9.20. The van der Waals surface area contributed by atoms with Crippen LogP contribution in [0, 0.1) is 0 Å². The van der Waals surface area contributed by atoms with Crippen LogP contribution in [0.2, 0.25) is 0 Å². The van der Waals surface area contributed by atoms with Gasteiger partial charge in [-0.2, -0.15) is 0 Å². The SMILES string of the molecule is CN(C)C(=O)CNC(=O)Nc1ccc(S(N)(=O)=O)cc1. The van der Waals surface area contributed by atoms with E-state index in [1.54, 1.807) is 14.1 Å². The van der Waals surface area contributed by atoms with Gasteiger partial charge in [-0.25, -0.2) is 18.4 Å². The quantitative estimate of drug-likeness (QED) is 0.696. The third kappa shape index (κ3) is 4.86. The average Bonchev–Trinajstić information content (AvgIpc) is 2.35. The van der Waals surface area contributed by atoms with Gasteiger partial charge < -0.3 is 15.5 Å². The average molecular weight is 300 g/mol. The molecule has 1 aromatic carbocycles. The molecule has 0 heterocycles. The number of hydrogen-bond donors (Lipinski definition) is 3. The van der Waals surface area contributed by atoms with Gasteiger partial charge in [0.2, 0.25) is 15.9 Å². The molecule has 0 spiro atoms. The van der Waals surface area contributed by atoms with Crippen LogP contribution in [-0.2, 0) is 14.8 Å². The molecule has 0 radical (unpaired) electrons. The minimum absolute atomic E-state index is 0.0498. The monoisotopic (exact) mass is 300 g/mol. The summed E-state index contributed by atoms with van der Waals surface area (Å²) in [6.45, 7) is -0.131. The molecule has 110 valence electrons. The van der Waals surface area contributed by atoms with Crippen LogP contribution in [0.3, 0.4) is 0 Å². The summed E-state index contributed by atoms with van der Waals surface area (Å²) in [5.41, 5.74) is 0.382. The molecule has 0 atom stereocenters. The van der Waals surface area contributed by atoms with Crippen LogP contribution in [0.15, 0.2) is 29.2 Å². The lowest BCUT2D eigenvalue weighted by molar-refractivity contribution is -0.127. The number of carbonyl (C=O) groups is 2. The van der Waals surface area contributed by atoms with Crippen molar-refractivity contribution in [3.05, 3.63) is 24.3 Å². The summed E-state index contributed by atoms with van der Waals surface area (Å²) in [7, 11) is -0.603. The van der Waals surface area contributed by atoms with Crippen molar-refractivity contribution in [2.45, 2.75) is 4.90 Å². The molecule has 0 aromatic heterocycles. The molecule has 4 N–H and O–H groups in total. The zero-order valence-corrected chi connectivity index (χ0v) is 11.9. The molecule has 0 aliphatic carbocycles. The molecule has 1 aromatic rings. The Morgan fingerprint density at radius 2 is 1.75 bits per heavy atom. The number of carbonyl (C=O) groups excluding carboxylic acids is 2. The zero-order chi connectivity index (χ0) is 15.3. The van der Waals surface area contributed by atoms with Gasteiger partial charge >= 0.3 is 6.03 Å². The van der Waals surface area contributed by atoms with E-state index in [4.69, 9.17) is 5.14 Å². The van der Waals surface area contributed by atoms with E-state index in [1.165, 1.54) is 29.2 Å². The van der Waals surface area contributed by atoms with E-state index < -0.39 is 16.1 Å². The fourth-order valence-corrected chi connectivity index (χ4v) is 1.73. The van der Waals surface area contributed by atoms with Gasteiger partial charge in [0.15, 0.2) is 0 Å². The topological polar surface area (TPSA) is 122 Å². The number of likely N-dealkylation sites (N-methyl/N-ethyl adjacent to an activating group) is 1. The van der Waals surface area contributed by atoms with Crippen LogP contribution in [0.25, 0.3) is 0 Å². The number of anilines is 1. The number of urea groups is 1. The van der Waals surface area contributed by atoms with E-state index in [9.17, 15) is 18.0 Å². The third-order valence-electron chi connectivity index (χ3n) is 2.34. The Balaban J connectivity index is 2.57. The highest BCUT2D eigenvalue weighted by molar-refractivity contribution is 7.89. The van der Waals surface area contributed by atoms with Crippen LogP contribution in [-0.4, -0.2) is 45.9 Å². The van der Waals surface area contributed by atoms with Crippen LogP contribution in [0.4, 0.5) is 10.5 Å². The standard InChI is InChI=1S/C11H16N4O4S/c1-15(2)10(16)7-13-11(17)14-8-3-5-9(6-4-8)20(12,18)19/h3-6H,7H2,1-2H3,(H2,12,18,19)(H2,13,14,17). The fraction of sp³-hybridized carbons (Fsp3) is 0.273. The number of nitrogens with one attached hydrogen (secondary N) is 2. The maximum Gasteiger partial charge on any atom is 0.319 e. The van der Waals surface area contributed by atoms with Gasteiger partial charge in [0.25, 0.3) is 0 Å². The van der Waals surface area contributed by atoms with Crippen LogP contribution >= 0.6 is 0 Å². The smallest absolute Gasteiger partial charge is 0.319 e. The van der Waals surface area contributed by atoms with E-state index in [2.05, 4.69) is 10.6 Å². The highest BCUT2D eigenvalue weighted by atomic mass is 32.2. The molecule has 0 unspecified atom stereocenters. The lowest BCUT2D eigenvalue weighted by Crippen LogP contribution is -2.38. The Bertz CT molecular complexity index is 595. The van der Waals surface area contributed by atoms with E-state index in [-0.39, 0.29) is 17.3 Å². The van der Waals surface area contributed by atoms with E-state index in [0.717, 1.165) is 0 Å². The lowest BCUT2D eigenvalue weighted by Gasteiger charge is -2.11. The molecule has 0 aliphatic rings. The second kappa shape index (κ2) is 6.35. The number of nitrogens with zero attached hydrogens (tertiary/aromatic N) is 1. The van der Waals surface area contributed by atoms with Crippen molar-refractivity contribution >= 4 is 27.6 Å². The van der Waals surface area contributed by atoms with Crippen LogP contribution in [0.5, 0.6) is 0 Å². The molecule has 20 heavy (non-hydrogen) atoms. The van der Waals surface area contributed by atoms with Gasteiger partial charge in [-0.05, 0) is 24.3 Å². The molecule has 0 fully saturated rings. The number of hydrogen-bond acceptors (Lipinski definition) is 4. The number of amides is 3. The highest BCUT2D eigenvalue weighted by Crippen LogP contribution is 2.12.